The molecule has 2 aromatic rings. The van der Waals surface area contributed by atoms with Gasteiger partial charge < -0.3 is 9.64 Å². The third-order valence-corrected chi connectivity index (χ3v) is 5.93. The van der Waals surface area contributed by atoms with Crippen LogP contribution in [0, 0.1) is 0 Å². The summed E-state index contributed by atoms with van der Waals surface area (Å²) in [6.45, 7) is 2.79. The molecule has 124 valence electrons. The minimum absolute atomic E-state index is 0.0680. The molecule has 0 unspecified atom stereocenters. The highest BCUT2D eigenvalue weighted by Gasteiger charge is 2.38. The number of fused-ring (bicyclic) bond motifs is 2. The molecule has 5 heteroatoms. The number of benzene rings is 1. The number of thiophene rings is 1. The number of ether oxygens (including phenoxy) is 1. The minimum Gasteiger partial charge on any atom is -0.448 e. The van der Waals surface area contributed by atoms with Crippen molar-refractivity contribution in [2.45, 2.75) is 38.3 Å². The largest absolute Gasteiger partial charge is 0.448 e. The van der Waals surface area contributed by atoms with Gasteiger partial charge in [0.2, 0.25) is 0 Å². The molecule has 4 rings (SSSR count). The van der Waals surface area contributed by atoms with E-state index < -0.39 is 12.1 Å². The molecule has 0 bridgehead atoms. The average molecular weight is 341 g/mol. The first-order chi connectivity index (χ1) is 11.7. The summed E-state index contributed by atoms with van der Waals surface area (Å²) >= 11 is 1.76. The van der Waals surface area contributed by atoms with E-state index in [0.717, 1.165) is 18.4 Å². The molecule has 0 radical (unpaired) electrons. The van der Waals surface area contributed by atoms with Crippen LogP contribution in [0.1, 0.15) is 45.7 Å². The first-order valence-electron chi connectivity index (χ1n) is 8.34. The Bertz CT molecular complexity index is 797. The third kappa shape index (κ3) is 2.44. The molecule has 2 aliphatic heterocycles. The lowest BCUT2D eigenvalue weighted by Crippen LogP contribution is -2.48. The first-order valence-corrected chi connectivity index (χ1v) is 9.22. The molecule has 0 spiro atoms. The summed E-state index contributed by atoms with van der Waals surface area (Å²) in [5.41, 5.74) is 2.73. The highest BCUT2D eigenvalue weighted by atomic mass is 32.1. The van der Waals surface area contributed by atoms with Crippen molar-refractivity contribution in [1.29, 1.82) is 0 Å². The summed E-state index contributed by atoms with van der Waals surface area (Å²) in [7, 11) is 0. The van der Waals surface area contributed by atoms with Crippen LogP contribution >= 0.6 is 11.3 Å². The second-order valence-electron chi connectivity index (χ2n) is 6.26. The molecule has 2 atom stereocenters. The molecule has 24 heavy (non-hydrogen) atoms. The first kappa shape index (κ1) is 15.4. The number of amides is 1. The van der Waals surface area contributed by atoms with Gasteiger partial charge in [-0.05, 0) is 41.5 Å². The lowest BCUT2D eigenvalue weighted by atomic mass is 9.94. The fourth-order valence-electron chi connectivity index (χ4n) is 3.75. The standard InChI is InChI=1S/C19H19NO3S/c1-2-15-14-8-10-24-17(14)7-9-20(15)18(21)16-11-12-5-3-4-6-13(12)19(22)23-16/h3-6,8,10,15-16H,2,7,9,11H2,1H3/t15-,16+/m1/s1. The number of hydrogen-bond acceptors (Lipinski definition) is 4. The second kappa shape index (κ2) is 6.06. The van der Waals surface area contributed by atoms with Crippen molar-refractivity contribution in [2.75, 3.05) is 6.54 Å². The maximum absolute atomic E-state index is 13.1. The van der Waals surface area contributed by atoms with Crippen LogP contribution in [-0.2, 0) is 22.4 Å². The van der Waals surface area contributed by atoms with Gasteiger partial charge in [-0.2, -0.15) is 0 Å². The number of carbonyl (C=O) groups excluding carboxylic acids is 2. The van der Waals surface area contributed by atoms with Gasteiger partial charge in [0.25, 0.3) is 5.91 Å². The van der Waals surface area contributed by atoms with Gasteiger partial charge in [0.05, 0.1) is 11.6 Å². The topological polar surface area (TPSA) is 46.6 Å². The smallest absolute Gasteiger partial charge is 0.339 e. The molecule has 0 fully saturated rings. The SMILES string of the molecule is CC[C@@H]1c2ccsc2CCN1C(=O)[C@@H]1Cc2ccccc2C(=O)O1. The molecule has 2 aliphatic rings. The Balaban J connectivity index is 1.60. The second-order valence-corrected chi connectivity index (χ2v) is 7.26. The van der Waals surface area contributed by atoms with E-state index in [2.05, 4.69) is 18.4 Å². The van der Waals surface area contributed by atoms with E-state index in [1.54, 1.807) is 17.4 Å². The molecule has 0 N–H and O–H groups in total. The monoisotopic (exact) mass is 341 g/mol. The quantitative estimate of drug-likeness (QED) is 0.787. The molecule has 1 aromatic carbocycles. The summed E-state index contributed by atoms with van der Waals surface area (Å²) < 4.78 is 5.46. The van der Waals surface area contributed by atoms with Crippen LogP contribution in [-0.4, -0.2) is 29.4 Å². The van der Waals surface area contributed by atoms with E-state index in [4.69, 9.17) is 4.74 Å². The average Bonchev–Trinajstić information content (AvgIpc) is 3.09. The molecule has 4 nitrogen and oxygen atoms in total. The van der Waals surface area contributed by atoms with Crippen LogP contribution in [0.4, 0.5) is 0 Å². The van der Waals surface area contributed by atoms with Crippen molar-refractivity contribution in [3.05, 3.63) is 57.3 Å². The van der Waals surface area contributed by atoms with Crippen molar-refractivity contribution in [2.24, 2.45) is 0 Å². The third-order valence-electron chi connectivity index (χ3n) is 4.93. The van der Waals surface area contributed by atoms with Crippen LogP contribution < -0.4 is 0 Å². The molecular weight excluding hydrogens is 322 g/mol. The van der Waals surface area contributed by atoms with Gasteiger partial charge in [-0.25, -0.2) is 4.79 Å². The van der Waals surface area contributed by atoms with E-state index in [1.807, 2.05) is 23.1 Å². The minimum atomic E-state index is -0.707. The van der Waals surface area contributed by atoms with Crippen LogP contribution in [0.15, 0.2) is 35.7 Å². The van der Waals surface area contributed by atoms with Crippen molar-refractivity contribution < 1.29 is 14.3 Å². The highest BCUT2D eigenvalue weighted by molar-refractivity contribution is 7.10. The Morgan fingerprint density at radius 2 is 2.17 bits per heavy atom. The Morgan fingerprint density at radius 1 is 1.33 bits per heavy atom. The van der Waals surface area contributed by atoms with Gasteiger partial charge in [0.1, 0.15) is 0 Å². The van der Waals surface area contributed by atoms with Crippen LogP contribution in [0.3, 0.4) is 0 Å². The van der Waals surface area contributed by atoms with E-state index in [0.29, 0.717) is 18.5 Å². The molecule has 0 saturated heterocycles. The van der Waals surface area contributed by atoms with Crippen molar-refractivity contribution >= 4 is 23.2 Å². The van der Waals surface area contributed by atoms with E-state index in [9.17, 15) is 9.59 Å². The van der Waals surface area contributed by atoms with E-state index in [-0.39, 0.29) is 11.9 Å². The molecule has 0 aliphatic carbocycles. The maximum atomic E-state index is 13.1. The fourth-order valence-corrected chi connectivity index (χ4v) is 4.68. The summed E-state index contributed by atoms with van der Waals surface area (Å²) in [5, 5.41) is 2.10. The number of nitrogens with zero attached hydrogens (tertiary/aromatic N) is 1. The molecule has 0 saturated carbocycles. The summed E-state index contributed by atoms with van der Waals surface area (Å²) in [6.07, 6.45) is 1.50. The molecule has 3 heterocycles. The molecular formula is C19H19NO3S. The van der Waals surface area contributed by atoms with Gasteiger partial charge in [-0.15, -0.1) is 11.3 Å². The van der Waals surface area contributed by atoms with Gasteiger partial charge >= 0.3 is 5.97 Å². The molecule has 1 amide bonds. The van der Waals surface area contributed by atoms with E-state index in [1.165, 1.54) is 10.4 Å². The van der Waals surface area contributed by atoms with Crippen molar-refractivity contribution in [3.63, 3.8) is 0 Å². The number of rotatable bonds is 2. The van der Waals surface area contributed by atoms with Crippen molar-refractivity contribution in [3.8, 4) is 0 Å². The van der Waals surface area contributed by atoms with Crippen LogP contribution in [0.25, 0.3) is 0 Å². The predicted octanol–water partition coefficient (Wildman–Crippen LogP) is 3.37. The highest BCUT2D eigenvalue weighted by Crippen LogP contribution is 2.36. The fraction of sp³-hybridized carbons (Fsp3) is 0.368. The van der Waals surface area contributed by atoms with Gasteiger partial charge in [0.15, 0.2) is 6.10 Å². The number of carbonyl (C=O) groups is 2. The normalized spacial score (nSPS) is 22.5. The van der Waals surface area contributed by atoms with Crippen LogP contribution in [0.2, 0.25) is 0 Å². The summed E-state index contributed by atoms with van der Waals surface area (Å²) in [4.78, 5) is 28.5. The molecule has 1 aromatic heterocycles. The maximum Gasteiger partial charge on any atom is 0.339 e. The summed E-state index contributed by atoms with van der Waals surface area (Å²) in [6, 6.07) is 9.58. The van der Waals surface area contributed by atoms with Gasteiger partial charge in [-0.1, -0.05) is 25.1 Å². The van der Waals surface area contributed by atoms with Gasteiger partial charge in [-0.3, -0.25) is 4.79 Å². The Hall–Kier alpha value is -2.14. The van der Waals surface area contributed by atoms with E-state index >= 15 is 0 Å². The lowest BCUT2D eigenvalue weighted by molar-refractivity contribution is -0.144. The Kier molecular flexibility index (Phi) is 3.88. The lowest BCUT2D eigenvalue weighted by Gasteiger charge is -2.38. The summed E-state index contributed by atoms with van der Waals surface area (Å²) in [5.74, 6) is -0.460. The zero-order chi connectivity index (χ0) is 16.7. The Labute approximate surface area is 145 Å². The van der Waals surface area contributed by atoms with Crippen LogP contribution in [0.5, 0.6) is 0 Å². The number of hydrogen-bond donors (Lipinski definition) is 0. The van der Waals surface area contributed by atoms with Gasteiger partial charge in [0, 0.05) is 17.8 Å². The van der Waals surface area contributed by atoms with Crippen molar-refractivity contribution in [1.82, 2.24) is 4.90 Å². The Morgan fingerprint density at radius 3 is 3.00 bits per heavy atom. The zero-order valence-electron chi connectivity index (χ0n) is 13.5. The predicted molar refractivity (Wildman–Crippen MR) is 92.1 cm³/mol. The zero-order valence-corrected chi connectivity index (χ0v) is 14.3. The number of esters is 1. The number of cyclic esters (lactones) is 1.